The summed E-state index contributed by atoms with van der Waals surface area (Å²) in [5.41, 5.74) is 0.386. The van der Waals surface area contributed by atoms with E-state index in [0.29, 0.717) is 17.9 Å². The maximum atomic E-state index is 11.9. The second kappa shape index (κ2) is 6.51. The molecular formula is C13H16N4O3S. The van der Waals surface area contributed by atoms with Crippen LogP contribution in [0.4, 0.5) is 0 Å². The van der Waals surface area contributed by atoms with Crippen molar-refractivity contribution >= 4 is 15.9 Å². The minimum Gasteiger partial charge on any atom is -0.347 e. The molecule has 0 fully saturated rings. The van der Waals surface area contributed by atoms with E-state index < -0.39 is 10.0 Å². The first-order chi connectivity index (χ1) is 10.0. The molecule has 0 spiro atoms. The third-order valence-corrected chi connectivity index (χ3v) is 4.29. The van der Waals surface area contributed by atoms with Crippen molar-refractivity contribution in [3.8, 4) is 0 Å². The number of amides is 1. The Balaban J connectivity index is 2.03. The molecule has 1 amide bonds. The number of rotatable bonds is 6. The summed E-state index contributed by atoms with van der Waals surface area (Å²) in [4.78, 5) is 18.9. The number of sulfonamides is 1. The highest BCUT2D eigenvalue weighted by molar-refractivity contribution is 7.89. The zero-order valence-electron chi connectivity index (χ0n) is 11.5. The van der Waals surface area contributed by atoms with Gasteiger partial charge in [0.2, 0.25) is 10.0 Å². The van der Waals surface area contributed by atoms with Crippen molar-refractivity contribution in [1.82, 2.24) is 20.0 Å². The molecule has 0 bridgehead atoms. The van der Waals surface area contributed by atoms with Gasteiger partial charge in [0.05, 0.1) is 11.4 Å². The molecule has 2 aromatic rings. The van der Waals surface area contributed by atoms with E-state index in [-0.39, 0.29) is 17.3 Å². The molecule has 0 saturated carbocycles. The second-order valence-electron chi connectivity index (χ2n) is 4.24. The number of benzene rings is 1. The Labute approximate surface area is 122 Å². The molecule has 21 heavy (non-hydrogen) atoms. The summed E-state index contributed by atoms with van der Waals surface area (Å²) >= 11 is 0. The molecule has 0 aliphatic carbocycles. The molecule has 3 N–H and O–H groups in total. The van der Waals surface area contributed by atoms with Crippen molar-refractivity contribution in [1.29, 1.82) is 0 Å². The van der Waals surface area contributed by atoms with Crippen LogP contribution in [0.15, 0.2) is 41.6 Å². The van der Waals surface area contributed by atoms with Crippen LogP contribution in [0.2, 0.25) is 0 Å². The van der Waals surface area contributed by atoms with Gasteiger partial charge in [-0.05, 0) is 24.3 Å². The third-order valence-electron chi connectivity index (χ3n) is 2.73. The molecular weight excluding hydrogens is 292 g/mol. The summed E-state index contributed by atoms with van der Waals surface area (Å²) in [5, 5.41) is 2.69. The average molecular weight is 308 g/mol. The molecule has 0 atom stereocenters. The van der Waals surface area contributed by atoms with Gasteiger partial charge in [0.25, 0.3) is 5.91 Å². The van der Waals surface area contributed by atoms with Crippen LogP contribution in [-0.4, -0.2) is 30.8 Å². The van der Waals surface area contributed by atoms with Crippen LogP contribution in [0.25, 0.3) is 0 Å². The second-order valence-corrected chi connectivity index (χ2v) is 6.01. The first-order valence-corrected chi connectivity index (χ1v) is 7.87. The molecule has 0 aliphatic rings. The fraction of sp³-hybridized carbons (Fsp3) is 0.231. The minimum atomic E-state index is -3.50. The average Bonchev–Trinajstić information content (AvgIpc) is 2.98. The predicted molar refractivity (Wildman–Crippen MR) is 77.1 cm³/mol. The largest absolute Gasteiger partial charge is 0.347 e. The summed E-state index contributed by atoms with van der Waals surface area (Å²) in [6, 6.07) is 5.75. The van der Waals surface area contributed by atoms with Gasteiger partial charge in [-0.25, -0.2) is 18.1 Å². The first kappa shape index (κ1) is 15.2. The van der Waals surface area contributed by atoms with Gasteiger partial charge < -0.3 is 10.3 Å². The first-order valence-electron chi connectivity index (χ1n) is 6.39. The van der Waals surface area contributed by atoms with Crippen molar-refractivity contribution < 1.29 is 13.2 Å². The molecule has 1 aromatic heterocycles. The summed E-state index contributed by atoms with van der Waals surface area (Å²) in [6.07, 6.45) is 3.27. The van der Waals surface area contributed by atoms with Crippen molar-refractivity contribution in [3.63, 3.8) is 0 Å². The van der Waals surface area contributed by atoms with Crippen LogP contribution >= 0.6 is 0 Å². The fourth-order valence-electron chi connectivity index (χ4n) is 1.72. The lowest BCUT2D eigenvalue weighted by Crippen LogP contribution is -2.24. The highest BCUT2D eigenvalue weighted by Gasteiger charge is 2.13. The predicted octanol–water partition coefficient (Wildman–Crippen LogP) is 0.638. The third kappa shape index (κ3) is 3.89. The quantitative estimate of drug-likeness (QED) is 0.728. The molecule has 0 aliphatic heterocycles. The highest BCUT2D eigenvalue weighted by atomic mass is 32.2. The van der Waals surface area contributed by atoms with E-state index in [0.717, 1.165) is 0 Å². The van der Waals surface area contributed by atoms with Gasteiger partial charge in [-0.3, -0.25) is 4.79 Å². The fourth-order valence-corrected chi connectivity index (χ4v) is 2.76. The smallest absolute Gasteiger partial charge is 0.251 e. The van der Waals surface area contributed by atoms with Gasteiger partial charge in [0.1, 0.15) is 5.82 Å². The van der Waals surface area contributed by atoms with E-state index in [1.807, 2.05) is 0 Å². The number of aromatic nitrogens is 2. The zero-order valence-corrected chi connectivity index (χ0v) is 12.3. The van der Waals surface area contributed by atoms with Crippen LogP contribution in [-0.2, 0) is 16.6 Å². The van der Waals surface area contributed by atoms with E-state index in [1.165, 1.54) is 24.3 Å². The number of nitrogens with zero attached hydrogens (tertiary/aromatic N) is 1. The van der Waals surface area contributed by atoms with E-state index >= 15 is 0 Å². The molecule has 1 heterocycles. The van der Waals surface area contributed by atoms with Crippen molar-refractivity contribution in [2.45, 2.75) is 18.4 Å². The number of carbonyl (C=O) groups excluding carboxylic acids is 1. The number of imidazole rings is 1. The summed E-state index contributed by atoms with van der Waals surface area (Å²) in [5.74, 6) is 0.355. The number of H-pyrrole nitrogens is 1. The monoisotopic (exact) mass is 308 g/mol. The number of hydrogen-bond donors (Lipinski definition) is 3. The molecule has 8 heteroatoms. The standard InChI is InChI=1S/C13H16N4O3S/c1-2-17-21(19,20)11-5-3-10(4-6-11)13(18)16-9-12-14-7-8-15-12/h3-8,17H,2,9H2,1H3,(H,14,15)(H,16,18). The Kier molecular flexibility index (Phi) is 4.71. The normalized spacial score (nSPS) is 11.3. The van der Waals surface area contributed by atoms with Crippen molar-refractivity contribution in [2.24, 2.45) is 0 Å². The maximum absolute atomic E-state index is 11.9. The van der Waals surface area contributed by atoms with Gasteiger partial charge in [0.15, 0.2) is 0 Å². The van der Waals surface area contributed by atoms with E-state index in [9.17, 15) is 13.2 Å². The lowest BCUT2D eigenvalue weighted by atomic mass is 10.2. The van der Waals surface area contributed by atoms with Gasteiger partial charge in [0, 0.05) is 24.5 Å². The molecule has 0 radical (unpaired) electrons. The molecule has 1 aromatic carbocycles. The van der Waals surface area contributed by atoms with Crippen LogP contribution < -0.4 is 10.0 Å². The van der Waals surface area contributed by atoms with Crippen LogP contribution in [0, 0.1) is 0 Å². The molecule has 0 unspecified atom stereocenters. The Morgan fingerprint density at radius 1 is 1.29 bits per heavy atom. The Morgan fingerprint density at radius 2 is 2.00 bits per heavy atom. The van der Waals surface area contributed by atoms with Crippen molar-refractivity contribution in [3.05, 3.63) is 48.0 Å². The van der Waals surface area contributed by atoms with E-state index in [2.05, 4.69) is 20.0 Å². The summed E-state index contributed by atoms with van der Waals surface area (Å²) < 4.78 is 25.9. The number of aromatic amines is 1. The topological polar surface area (TPSA) is 104 Å². The van der Waals surface area contributed by atoms with E-state index in [1.54, 1.807) is 19.3 Å². The SMILES string of the molecule is CCNS(=O)(=O)c1ccc(C(=O)NCc2ncc[nH]2)cc1. The molecule has 2 rings (SSSR count). The molecule has 112 valence electrons. The van der Waals surface area contributed by atoms with Crippen LogP contribution in [0.3, 0.4) is 0 Å². The number of nitrogens with one attached hydrogen (secondary N) is 3. The van der Waals surface area contributed by atoms with Gasteiger partial charge in [-0.2, -0.15) is 0 Å². The van der Waals surface area contributed by atoms with Crippen LogP contribution in [0.5, 0.6) is 0 Å². The molecule has 0 saturated heterocycles. The lowest BCUT2D eigenvalue weighted by molar-refractivity contribution is 0.0950. The highest BCUT2D eigenvalue weighted by Crippen LogP contribution is 2.10. The van der Waals surface area contributed by atoms with Gasteiger partial charge >= 0.3 is 0 Å². The molecule has 7 nitrogen and oxygen atoms in total. The zero-order chi connectivity index (χ0) is 15.3. The Morgan fingerprint density at radius 3 is 2.57 bits per heavy atom. The lowest BCUT2D eigenvalue weighted by Gasteiger charge is -2.06. The van der Waals surface area contributed by atoms with Crippen LogP contribution in [0.1, 0.15) is 23.1 Å². The van der Waals surface area contributed by atoms with Crippen molar-refractivity contribution in [2.75, 3.05) is 6.54 Å². The Bertz CT molecular complexity index is 694. The number of carbonyl (C=O) groups is 1. The summed E-state index contributed by atoms with van der Waals surface area (Å²) in [7, 11) is -3.50. The Hall–Kier alpha value is -2.19. The minimum absolute atomic E-state index is 0.131. The maximum Gasteiger partial charge on any atom is 0.251 e. The summed E-state index contributed by atoms with van der Waals surface area (Å²) in [6.45, 7) is 2.30. The van der Waals surface area contributed by atoms with Gasteiger partial charge in [-0.15, -0.1) is 0 Å². The van der Waals surface area contributed by atoms with Gasteiger partial charge in [-0.1, -0.05) is 6.92 Å². The number of hydrogen-bond acceptors (Lipinski definition) is 4. The van der Waals surface area contributed by atoms with E-state index in [4.69, 9.17) is 0 Å².